The van der Waals surface area contributed by atoms with E-state index in [2.05, 4.69) is 30.5 Å². The minimum atomic E-state index is 0.548. The van der Waals surface area contributed by atoms with Gasteiger partial charge in [0.05, 0.1) is 0 Å². The van der Waals surface area contributed by atoms with Crippen LogP contribution in [0.3, 0.4) is 0 Å². The molecule has 0 aromatic carbocycles. The third-order valence-electron chi connectivity index (χ3n) is 0.705. The van der Waals surface area contributed by atoms with Crippen molar-refractivity contribution >= 4 is 13.1 Å². The van der Waals surface area contributed by atoms with Crippen LogP contribution in [0.2, 0.25) is 0 Å². The molecule has 0 rings (SSSR count). The maximum atomic E-state index is 3.80. The van der Waals surface area contributed by atoms with Crippen LogP contribution in [0.15, 0.2) is 22.3 Å². The molecule has 0 amide bonds. The summed E-state index contributed by atoms with van der Waals surface area (Å²) < 4.78 is 0. The van der Waals surface area contributed by atoms with E-state index in [9.17, 15) is 0 Å². The highest BCUT2D eigenvalue weighted by molar-refractivity contribution is 5.62. The summed E-state index contributed by atoms with van der Waals surface area (Å²) >= 11 is 0. The molecular weight excluding hydrogens is 112 g/mol. The Morgan fingerprint density at radius 3 is 2.56 bits per heavy atom. The summed E-state index contributed by atoms with van der Waals surface area (Å²) in [4.78, 5) is 7.23. The van der Waals surface area contributed by atoms with Gasteiger partial charge in [-0.3, -0.25) is 4.99 Å². The third kappa shape index (κ3) is 7.08. The van der Waals surface area contributed by atoms with Gasteiger partial charge in [-0.25, -0.2) is 4.99 Å². The van der Waals surface area contributed by atoms with E-state index in [1.807, 2.05) is 6.08 Å². The average Bonchev–Trinajstić information content (AvgIpc) is 1.80. The molecular formula is C7H12N2. The second kappa shape index (κ2) is 5.22. The van der Waals surface area contributed by atoms with Crippen LogP contribution < -0.4 is 0 Å². The summed E-state index contributed by atoms with van der Waals surface area (Å²) in [6.07, 6.45) is 5.12. The standard InChI is InChI=1S/C7H12N2/c1-7(2)4-5-9-6-8-3/h4-7H,3H2,1-2H3/b5-4-,9-6-. The zero-order chi connectivity index (χ0) is 7.11. The fraction of sp³-hybridized carbons (Fsp3) is 0.429. The summed E-state index contributed by atoms with van der Waals surface area (Å²) in [6, 6.07) is 0. The van der Waals surface area contributed by atoms with Gasteiger partial charge in [0.2, 0.25) is 0 Å². The van der Waals surface area contributed by atoms with Gasteiger partial charge in [-0.2, -0.15) is 0 Å². The van der Waals surface area contributed by atoms with E-state index >= 15 is 0 Å². The molecule has 0 aliphatic carbocycles. The Balaban J connectivity index is 3.46. The summed E-state index contributed by atoms with van der Waals surface area (Å²) in [5, 5.41) is 0. The maximum absolute atomic E-state index is 3.80. The van der Waals surface area contributed by atoms with Crippen LogP contribution >= 0.6 is 0 Å². The van der Waals surface area contributed by atoms with Gasteiger partial charge in [-0.05, 0) is 12.6 Å². The van der Waals surface area contributed by atoms with E-state index in [1.165, 1.54) is 6.34 Å². The lowest BCUT2D eigenvalue weighted by molar-refractivity contribution is 0.829. The molecule has 0 aliphatic heterocycles. The molecule has 0 aromatic heterocycles. The van der Waals surface area contributed by atoms with E-state index in [0.717, 1.165) is 0 Å². The van der Waals surface area contributed by atoms with E-state index < -0.39 is 0 Å². The number of hydrogen-bond donors (Lipinski definition) is 0. The largest absolute Gasteiger partial charge is 0.253 e. The summed E-state index contributed by atoms with van der Waals surface area (Å²) in [6.45, 7) is 7.43. The Labute approximate surface area is 56.0 Å². The van der Waals surface area contributed by atoms with Crippen molar-refractivity contribution in [3.05, 3.63) is 12.3 Å². The van der Waals surface area contributed by atoms with Crippen molar-refractivity contribution < 1.29 is 0 Å². The highest BCUT2D eigenvalue weighted by atomic mass is 14.8. The molecule has 50 valence electrons. The third-order valence-corrected chi connectivity index (χ3v) is 0.705. The highest BCUT2D eigenvalue weighted by Crippen LogP contribution is 1.92. The Morgan fingerprint density at radius 2 is 2.11 bits per heavy atom. The van der Waals surface area contributed by atoms with Crippen molar-refractivity contribution in [2.45, 2.75) is 13.8 Å². The van der Waals surface area contributed by atoms with E-state index in [-0.39, 0.29) is 0 Å². The van der Waals surface area contributed by atoms with Gasteiger partial charge in [0.1, 0.15) is 6.34 Å². The molecule has 0 N–H and O–H groups in total. The van der Waals surface area contributed by atoms with Crippen LogP contribution in [0, 0.1) is 5.92 Å². The van der Waals surface area contributed by atoms with Crippen LogP contribution in [0.25, 0.3) is 0 Å². The van der Waals surface area contributed by atoms with Gasteiger partial charge in [0.15, 0.2) is 0 Å². The summed E-state index contributed by atoms with van der Waals surface area (Å²) in [5.41, 5.74) is 0. The molecule has 0 aromatic rings. The first kappa shape index (κ1) is 8.08. The molecule has 0 aliphatic rings. The van der Waals surface area contributed by atoms with Crippen molar-refractivity contribution in [3.63, 3.8) is 0 Å². The molecule has 9 heavy (non-hydrogen) atoms. The topological polar surface area (TPSA) is 24.7 Å². The predicted octanol–water partition coefficient (Wildman–Crippen LogP) is 1.89. The molecule has 0 fully saturated rings. The van der Waals surface area contributed by atoms with E-state index in [1.54, 1.807) is 6.20 Å². The molecule has 0 unspecified atom stereocenters. The number of rotatable bonds is 3. The number of hydrogen-bond acceptors (Lipinski definition) is 1. The zero-order valence-electron chi connectivity index (χ0n) is 5.91. The zero-order valence-corrected chi connectivity index (χ0v) is 5.91. The lowest BCUT2D eigenvalue weighted by Gasteiger charge is -1.87. The van der Waals surface area contributed by atoms with E-state index in [0.29, 0.717) is 5.92 Å². The van der Waals surface area contributed by atoms with Crippen molar-refractivity contribution in [2.24, 2.45) is 15.9 Å². The van der Waals surface area contributed by atoms with Crippen LogP contribution in [0.5, 0.6) is 0 Å². The number of nitrogens with zero attached hydrogens (tertiary/aromatic N) is 2. The maximum Gasteiger partial charge on any atom is 0.114 e. The molecule has 0 saturated carbocycles. The number of allylic oxidation sites excluding steroid dienone is 1. The lowest BCUT2D eigenvalue weighted by Crippen LogP contribution is -1.74. The lowest BCUT2D eigenvalue weighted by atomic mass is 10.2. The van der Waals surface area contributed by atoms with Gasteiger partial charge >= 0.3 is 0 Å². The first-order valence-corrected chi connectivity index (χ1v) is 2.91. The molecule has 2 heteroatoms. The molecule has 2 nitrogen and oxygen atoms in total. The first-order chi connectivity index (χ1) is 4.27. The van der Waals surface area contributed by atoms with Gasteiger partial charge in [0, 0.05) is 6.20 Å². The number of aliphatic imine (C=N–C) groups is 2. The molecule has 0 atom stereocenters. The molecule has 0 saturated heterocycles. The Bertz CT molecular complexity index is 123. The minimum Gasteiger partial charge on any atom is -0.253 e. The van der Waals surface area contributed by atoms with Crippen LogP contribution in [-0.4, -0.2) is 13.1 Å². The van der Waals surface area contributed by atoms with Gasteiger partial charge in [-0.1, -0.05) is 19.9 Å². The quantitative estimate of drug-likeness (QED) is 0.405. The Morgan fingerprint density at radius 1 is 1.44 bits per heavy atom. The summed E-state index contributed by atoms with van der Waals surface area (Å²) in [5.74, 6) is 0.548. The molecule has 0 radical (unpaired) electrons. The van der Waals surface area contributed by atoms with E-state index in [4.69, 9.17) is 0 Å². The van der Waals surface area contributed by atoms with Gasteiger partial charge < -0.3 is 0 Å². The molecule has 0 spiro atoms. The fourth-order valence-corrected chi connectivity index (χ4v) is 0.307. The smallest absolute Gasteiger partial charge is 0.114 e. The van der Waals surface area contributed by atoms with Crippen molar-refractivity contribution in [2.75, 3.05) is 0 Å². The van der Waals surface area contributed by atoms with Crippen LogP contribution in [-0.2, 0) is 0 Å². The normalized spacial score (nSPS) is 11.9. The predicted molar refractivity (Wildman–Crippen MR) is 42.0 cm³/mol. The molecule has 0 heterocycles. The van der Waals surface area contributed by atoms with Crippen LogP contribution in [0.1, 0.15) is 13.8 Å². The average molecular weight is 124 g/mol. The minimum absolute atomic E-state index is 0.548. The molecule has 0 bridgehead atoms. The fourth-order valence-electron chi connectivity index (χ4n) is 0.307. The Hall–Kier alpha value is -0.920. The Kier molecular flexibility index (Phi) is 4.69. The van der Waals surface area contributed by atoms with Crippen molar-refractivity contribution in [1.29, 1.82) is 0 Å². The summed E-state index contributed by atoms with van der Waals surface area (Å²) in [7, 11) is 0. The van der Waals surface area contributed by atoms with Crippen LogP contribution in [0.4, 0.5) is 0 Å². The van der Waals surface area contributed by atoms with Crippen molar-refractivity contribution in [3.8, 4) is 0 Å². The highest BCUT2D eigenvalue weighted by Gasteiger charge is 1.78. The second-order valence-electron chi connectivity index (χ2n) is 2.03. The van der Waals surface area contributed by atoms with Gasteiger partial charge in [0.25, 0.3) is 0 Å². The van der Waals surface area contributed by atoms with Gasteiger partial charge in [-0.15, -0.1) is 0 Å². The van der Waals surface area contributed by atoms with Crippen molar-refractivity contribution in [1.82, 2.24) is 0 Å². The SMILES string of the molecule is C=N/C=N\C=C/C(C)C. The first-order valence-electron chi connectivity index (χ1n) is 2.91. The monoisotopic (exact) mass is 124 g/mol. The second-order valence-corrected chi connectivity index (χ2v) is 2.03.